The van der Waals surface area contributed by atoms with Gasteiger partial charge in [-0.15, -0.1) is 0 Å². The summed E-state index contributed by atoms with van der Waals surface area (Å²) in [7, 11) is 0. The first-order chi connectivity index (χ1) is 14.7. The fourth-order valence-corrected chi connectivity index (χ4v) is 5.20. The van der Waals surface area contributed by atoms with Gasteiger partial charge in [-0.25, -0.2) is 9.78 Å². The van der Waals surface area contributed by atoms with Gasteiger partial charge in [0.2, 0.25) is 0 Å². The van der Waals surface area contributed by atoms with Crippen molar-refractivity contribution in [2.75, 3.05) is 13.1 Å². The highest BCUT2D eigenvalue weighted by Gasteiger charge is 2.59. The van der Waals surface area contributed by atoms with Crippen LogP contribution in [0.4, 0.5) is 4.79 Å². The number of thiophene rings is 1. The van der Waals surface area contributed by atoms with Crippen molar-refractivity contribution in [3.8, 4) is 0 Å². The van der Waals surface area contributed by atoms with Gasteiger partial charge in [-0.05, 0) is 63.8 Å². The second-order valence-electron chi connectivity index (χ2n) is 9.62. The van der Waals surface area contributed by atoms with Crippen molar-refractivity contribution >= 4 is 23.3 Å². The minimum atomic E-state index is -0.487. The second-order valence-corrected chi connectivity index (χ2v) is 10.4. The number of amides is 2. The summed E-state index contributed by atoms with van der Waals surface area (Å²) in [5.74, 6) is 0.989. The monoisotopic (exact) mass is 444 g/mol. The van der Waals surface area contributed by atoms with E-state index in [9.17, 15) is 9.59 Å². The number of carbonyl (C=O) groups is 2. The highest BCUT2D eigenvalue weighted by atomic mass is 32.1. The van der Waals surface area contributed by atoms with Crippen molar-refractivity contribution in [1.29, 1.82) is 0 Å². The van der Waals surface area contributed by atoms with Crippen LogP contribution in [-0.2, 0) is 17.8 Å². The third-order valence-corrected chi connectivity index (χ3v) is 7.10. The van der Waals surface area contributed by atoms with E-state index in [0.717, 1.165) is 37.2 Å². The van der Waals surface area contributed by atoms with Crippen LogP contribution in [0.15, 0.2) is 29.2 Å². The fraction of sp³-hybridized carbons (Fsp3) is 0.609. The van der Waals surface area contributed by atoms with E-state index in [4.69, 9.17) is 4.74 Å². The van der Waals surface area contributed by atoms with Crippen LogP contribution in [0.1, 0.15) is 63.1 Å². The summed E-state index contributed by atoms with van der Waals surface area (Å²) in [6.45, 7) is 10.4. The molecule has 1 aliphatic heterocycles. The highest BCUT2D eigenvalue weighted by molar-refractivity contribution is 7.08. The van der Waals surface area contributed by atoms with E-state index in [2.05, 4.69) is 16.5 Å². The van der Waals surface area contributed by atoms with Crippen LogP contribution in [0.2, 0.25) is 0 Å². The number of nitrogens with zero attached hydrogens (tertiary/aromatic N) is 4. The summed E-state index contributed by atoms with van der Waals surface area (Å²) in [5.41, 5.74) is 0.348. The molecular weight excluding hydrogens is 412 g/mol. The molecule has 0 N–H and O–H groups in total. The van der Waals surface area contributed by atoms with Gasteiger partial charge in [0.25, 0.3) is 5.91 Å². The van der Waals surface area contributed by atoms with Crippen LogP contribution < -0.4 is 0 Å². The Labute approximate surface area is 188 Å². The summed E-state index contributed by atoms with van der Waals surface area (Å²) >= 11 is 1.54. The Bertz CT molecular complexity index is 923. The maximum atomic E-state index is 13.4. The molecule has 8 heteroatoms. The summed E-state index contributed by atoms with van der Waals surface area (Å²) in [6, 6.07) is 2.08. The lowest BCUT2D eigenvalue weighted by Gasteiger charge is -2.35. The van der Waals surface area contributed by atoms with E-state index in [0.29, 0.717) is 19.6 Å². The van der Waals surface area contributed by atoms with Crippen LogP contribution in [0.5, 0.6) is 0 Å². The van der Waals surface area contributed by atoms with E-state index in [1.165, 1.54) is 0 Å². The van der Waals surface area contributed by atoms with Gasteiger partial charge in [0.05, 0.1) is 12.1 Å². The lowest BCUT2D eigenvalue weighted by molar-refractivity contribution is 0.0153. The largest absolute Gasteiger partial charge is 0.444 e. The standard InChI is InChI=1S/C23H32N4O3S/c1-5-25-12-9-24-19(25)15-27(20(28)17-6-13-31-16-17)18-14-23(18)7-10-26(11-8-23)21(29)30-22(2,3)4/h6,9,12-13,16,18H,5,7-8,10-11,14-15H2,1-4H3/t18-/m0/s1. The molecular formula is C23H32N4O3S. The van der Waals surface area contributed by atoms with E-state index < -0.39 is 5.60 Å². The molecule has 2 aromatic heterocycles. The van der Waals surface area contributed by atoms with Crippen molar-refractivity contribution in [3.63, 3.8) is 0 Å². The first-order valence-electron chi connectivity index (χ1n) is 11.0. The number of piperidine rings is 1. The van der Waals surface area contributed by atoms with Crippen molar-refractivity contribution in [3.05, 3.63) is 40.6 Å². The average molecular weight is 445 g/mol. The molecule has 0 aromatic carbocycles. The van der Waals surface area contributed by atoms with Gasteiger partial charge >= 0.3 is 6.09 Å². The molecule has 2 fully saturated rings. The first-order valence-corrected chi connectivity index (χ1v) is 12.0. The number of aryl methyl sites for hydroxylation is 1. The average Bonchev–Trinajstić information content (AvgIpc) is 3.11. The third kappa shape index (κ3) is 4.63. The molecule has 1 saturated heterocycles. The van der Waals surface area contributed by atoms with E-state index in [1.807, 2.05) is 48.7 Å². The number of hydrogen-bond donors (Lipinski definition) is 0. The molecule has 2 amide bonds. The lowest BCUT2D eigenvalue weighted by Crippen LogP contribution is -2.44. The molecule has 1 saturated carbocycles. The van der Waals surface area contributed by atoms with Crippen molar-refractivity contribution in [1.82, 2.24) is 19.4 Å². The van der Waals surface area contributed by atoms with Crippen molar-refractivity contribution in [2.24, 2.45) is 5.41 Å². The maximum absolute atomic E-state index is 13.4. The molecule has 0 unspecified atom stereocenters. The van der Waals surface area contributed by atoms with Gasteiger partial charge in [0, 0.05) is 43.4 Å². The molecule has 1 spiro atoms. The number of likely N-dealkylation sites (tertiary alicyclic amines) is 1. The molecule has 3 heterocycles. The summed E-state index contributed by atoms with van der Waals surface area (Å²) in [5, 5.41) is 3.86. The van der Waals surface area contributed by atoms with Crippen LogP contribution >= 0.6 is 11.3 Å². The Kier molecular flexibility index (Phi) is 5.85. The van der Waals surface area contributed by atoms with E-state index >= 15 is 0 Å². The minimum Gasteiger partial charge on any atom is -0.444 e. The topological polar surface area (TPSA) is 67.7 Å². The van der Waals surface area contributed by atoms with E-state index in [1.54, 1.807) is 22.4 Å². The summed E-state index contributed by atoms with van der Waals surface area (Å²) in [4.78, 5) is 34.1. The van der Waals surface area contributed by atoms with Gasteiger partial charge in [-0.3, -0.25) is 4.79 Å². The molecule has 2 aromatic rings. The van der Waals surface area contributed by atoms with Gasteiger partial charge in [0.1, 0.15) is 11.4 Å². The zero-order valence-electron chi connectivity index (χ0n) is 18.8. The molecule has 2 aliphatic rings. The van der Waals surface area contributed by atoms with Crippen LogP contribution in [0.3, 0.4) is 0 Å². The van der Waals surface area contributed by atoms with Gasteiger partial charge in [-0.2, -0.15) is 11.3 Å². The predicted octanol–water partition coefficient (Wildman–Crippen LogP) is 4.40. The Morgan fingerprint density at radius 1 is 1.32 bits per heavy atom. The molecule has 4 rings (SSSR count). The lowest BCUT2D eigenvalue weighted by atomic mass is 9.92. The number of aromatic nitrogens is 2. The third-order valence-electron chi connectivity index (χ3n) is 6.42. The van der Waals surface area contributed by atoms with Gasteiger partial charge < -0.3 is 19.1 Å². The second kappa shape index (κ2) is 8.30. The van der Waals surface area contributed by atoms with E-state index in [-0.39, 0.29) is 23.5 Å². The highest BCUT2D eigenvalue weighted by Crippen LogP contribution is 2.57. The smallest absolute Gasteiger partial charge is 0.410 e. The van der Waals surface area contributed by atoms with Crippen molar-refractivity contribution in [2.45, 2.75) is 71.7 Å². The molecule has 7 nitrogen and oxygen atoms in total. The first kappa shape index (κ1) is 21.9. The maximum Gasteiger partial charge on any atom is 0.410 e. The summed E-state index contributed by atoms with van der Waals surface area (Å²) < 4.78 is 7.63. The zero-order chi connectivity index (χ0) is 22.2. The van der Waals surface area contributed by atoms with Crippen molar-refractivity contribution < 1.29 is 14.3 Å². The Morgan fingerprint density at radius 2 is 2.06 bits per heavy atom. The van der Waals surface area contributed by atoms with Crippen LogP contribution in [0, 0.1) is 5.41 Å². The molecule has 1 aliphatic carbocycles. The number of rotatable bonds is 5. The molecule has 168 valence electrons. The zero-order valence-corrected chi connectivity index (χ0v) is 19.7. The molecule has 0 radical (unpaired) electrons. The molecule has 1 atom stereocenters. The predicted molar refractivity (Wildman–Crippen MR) is 120 cm³/mol. The van der Waals surface area contributed by atoms with Gasteiger partial charge in [-0.1, -0.05) is 0 Å². The van der Waals surface area contributed by atoms with Crippen LogP contribution in [-0.4, -0.2) is 56.1 Å². The summed E-state index contributed by atoms with van der Waals surface area (Å²) in [6.07, 6.45) is 6.30. The Balaban J connectivity index is 1.47. The number of imidazole rings is 1. The molecule has 31 heavy (non-hydrogen) atoms. The normalized spacial score (nSPS) is 20.0. The van der Waals surface area contributed by atoms with Gasteiger partial charge in [0.15, 0.2) is 0 Å². The SMILES string of the molecule is CCn1ccnc1CN(C(=O)c1ccsc1)[C@H]1CC12CCN(C(=O)OC(C)(C)C)CC2. The number of hydrogen-bond acceptors (Lipinski definition) is 5. The van der Waals surface area contributed by atoms with Crippen LogP contribution in [0.25, 0.3) is 0 Å². The quantitative estimate of drug-likeness (QED) is 0.686. The minimum absolute atomic E-state index is 0.0725. The Hall–Kier alpha value is -2.35. The number of carbonyl (C=O) groups excluding carboxylic acids is 2. The Morgan fingerprint density at radius 3 is 2.68 bits per heavy atom. The number of ether oxygens (including phenoxy) is 1. The fourth-order valence-electron chi connectivity index (χ4n) is 4.57. The molecule has 0 bridgehead atoms.